The molecule has 2 aliphatic rings. The third kappa shape index (κ3) is 3.79. The average molecular weight is 439 g/mol. The van der Waals surface area contributed by atoms with E-state index in [4.69, 9.17) is 0 Å². The maximum atomic E-state index is 14.8. The second-order valence-electron chi connectivity index (χ2n) is 8.34. The highest BCUT2D eigenvalue weighted by molar-refractivity contribution is 6.07. The number of halogens is 1. The van der Waals surface area contributed by atoms with Crippen molar-refractivity contribution in [2.24, 2.45) is 0 Å². The van der Waals surface area contributed by atoms with E-state index >= 15 is 0 Å². The summed E-state index contributed by atoms with van der Waals surface area (Å²) in [6.07, 6.45) is 2.82. The summed E-state index contributed by atoms with van der Waals surface area (Å²) in [5.74, 6) is -0.696. The zero-order valence-corrected chi connectivity index (χ0v) is 18.4. The van der Waals surface area contributed by atoms with Gasteiger partial charge in [-0.15, -0.1) is 0 Å². The fourth-order valence-corrected chi connectivity index (χ4v) is 4.24. The summed E-state index contributed by atoms with van der Waals surface area (Å²) in [6, 6.07) is 5.46. The predicted molar refractivity (Wildman–Crippen MR) is 117 cm³/mol. The molecule has 1 unspecified atom stereocenters. The standard InChI is InChI=1S/C23H26FN5O3/c1-4-15-11-14(2)19(25-13-15)28-7-9-29(10-8-28)20(30)16-5-6-17(18(24)12-16)23(3)21(31)26-22(32)27-23/h5-6,11-13H,4,7-10H2,1-3H3,(H2,26,27,31,32). The lowest BCUT2D eigenvalue weighted by Gasteiger charge is -2.36. The van der Waals surface area contributed by atoms with Gasteiger partial charge in [-0.3, -0.25) is 14.9 Å². The number of amides is 4. The lowest BCUT2D eigenvalue weighted by molar-refractivity contribution is -0.123. The van der Waals surface area contributed by atoms with Crippen molar-refractivity contribution in [3.05, 3.63) is 58.5 Å². The number of hydrogen-bond acceptors (Lipinski definition) is 5. The van der Waals surface area contributed by atoms with Gasteiger partial charge in [0.15, 0.2) is 0 Å². The van der Waals surface area contributed by atoms with Crippen molar-refractivity contribution >= 4 is 23.7 Å². The quantitative estimate of drug-likeness (QED) is 0.712. The zero-order chi connectivity index (χ0) is 23.0. The highest BCUT2D eigenvalue weighted by Gasteiger charge is 2.45. The van der Waals surface area contributed by atoms with Crippen LogP contribution >= 0.6 is 0 Å². The van der Waals surface area contributed by atoms with E-state index in [2.05, 4.69) is 33.5 Å². The number of urea groups is 1. The minimum Gasteiger partial charge on any atom is -0.353 e. The summed E-state index contributed by atoms with van der Waals surface area (Å²) in [4.78, 5) is 45.0. The van der Waals surface area contributed by atoms with Gasteiger partial charge in [-0.2, -0.15) is 0 Å². The summed E-state index contributed by atoms with van der Waals surface area (Å²) >= 11 is 0. The number of hydrogen-bond donors (Lipinski definition) is 2. The van der Waals surface area contributed by atoms with E-state index in [1.807, 2.05) is 13.1 Å². The normalized spacial score (nSPS) is 20.9. The molecule has 2 fully saturated rings. The highest BCUT2D eigenvalue weighted by Crippen LogP contribution is 2.28. The molecular weight excluding hydrogens is 413 g/mol. The number of rotatable bonds is 4. The third-order valence-corrected chi connectivity index (χ3v) is 6.18. The van der Waals surface area contributed by atoms with Crippen LogP contribution in [-0.4, -0.2) is 53.9 Å². The number of anilines is 1. The van der Waals surface area contributed by atoms with Crippen LogP contribution in [0.25, 0.3) is 0 Å². The van der Waals surface area contributed by atoms with Gasteiger partial charge in [-0.25, -0.2) is 14.2 Å². The molecule has 0 bridgehead atoms. The van der Waals surface area contributed by atoms with Crippen LogP contribution in [0.2, 0.25) is 0 Å². The summed E-state index contributed by atoms with van der Waals surface area (Å²) in [5, 5.41) is 4.54. The van der Waals surface area contributed by atoms with Crippen LogP contribution in [-0.2, 0) is 16.8 Å². The number of benzene rings is 1. The van der Waals surface area contributed by atoms with Gasteiger partial charge in [0.25, 0.3) is 11.8 Å². The van der Waals surface area contributed by atoms with Crippen molar-refractivity contribution in [2.75, 3.05) is 31.1 Å². The number of nitrogens with zero attached hydrogens (tertiary/aromatic N) is 3. The Bertz CT molecular complexity index is 1100. The lowest BCUT2D eigenvalue weighted by Crippen LogP contribution is -2.49. The molecule has 0 saturated carbocycles. The second kappa shape index (κ2) is 8.22. The Hall–Kier alpha value is -3.49. The Morgan fingerprint density at radius 3 is 2.47 bits per heavy atom. The van der Waals surface area contributed by atoms with Crippen LogP contribution in [0.3, 0.4) is 0 Å². The Kier molecular flexibility index (Phi) is 5.58. The largest absolute Gasteiger partial charge is 0.353 e. The van der Waals surface area contributed by atoms with Gasteiger partial charge < -0.3 is 15.1 Å². The molecule has 1 aromatic carbocycles. The predicted octanol–water partition coefficient (Wildman–Crippen LogP) is 2.11. The van der Waals surface area contributed by atoms with E-state index in [9.17, 15) is 18.8 Å². The Labute approximate surface area is 185 Å². The van der Waals surface area contributed by atoms with E-state index in [-0.39, 0.29) is 17.0 Å². The van der Waals surface area contributed by atoms with E-state index in [1.165, 1.54) is 24.6 Å². The van der Waals surface area contributed by atoms with Crippen molar-refractivity contribution in [2.45, 2.75) is 32.7 Å². The maximum absolute atomic E-state index is 14.8. The number of aromatic nitrogens is 1. The van der Waals surface area contributed by atoms with Crippen LogP contribution in [0.15, 0.2) is 30.5 Å². The van der Waals surface area contributed by atoms with Crippen molar-refractivity contribution < 1.29 is 18.8 Å². The Morgan fingerprint density at radius 1 is 1.19 bits per heavy atom. The number of carbonyl (C=O) groups excluding carboxylic acids is 3. The summed E-state index contributed by atoms with van der Waals surface area (Å²) in [7, 11) is 0. The number of carbonyl (C=O) groups is 3. The van der Waals surface area contributed by atoms with Gasteiger partial charge in [0.05, 0.1) is 0 Å². The van der Waals surface area contributed by atoms with Crippen LogP contribution in [0.5, 0.6) is 0 Å². The molecule has 4 rings (SSSR count). The first-order valence-electron chi connectivity index (χ1n) is 10.7. The SMILES string of the molecule is CCc1cnc(N2CCN(C(=O)c3ccc(C4(C)NC(=O)NC4=O)c(F)c3)CC2)c(C)c1. The van der Waals surface area contributed by atoms with Gasteiger partial charge in [0.2, 0.25) is 0 Å². The average Bonchev–Trinajstić information content (AvgIpc) is 3.04. The minimum atomic E-state index is -1.51. The van der Waals surface area contributed by atoms with E-state index in [1.54, 1.807) is 4.90 Å². The summed E-state index contributed by atoms with van der Waals surface area (Å²) < 4.78 is 14.8. The molecule has 2 N–H and O–H groups in total. The molecule has 0 aliphatic carbocycles. The molecule has 1 atom stereocenters. The molecule has 32 heavy (non-hydrogen) atoms. The second-order valence-corrected chi connectivity index (χ2v) is 8.34. The molecule has 168 valence electrons. The van der Waals surface area contributed by atoms with Gasteiger partial charge in [-0.05, 0) is 43.5 Å². The third-order valence-electron chi connectivity index (χ3n) is 6.18. The first-order valence-corrected chi connectivity index (χ1v) is 10.7. The van der Waals surface area contributed by atoms with Crippen molar-refractivity contribution in [3.63, 3.8) is 0 Å². The van der Waals surface area contributed by atoms with E-state index in [0.29, 0.717) is 26.2 Å². The van der Waals surface area contributed by atoms with Crippen LogP contribution in [0.1, 0.15) is 40.9 Å². The molecular formula is C23H26FN5O3. The molecule has 8 nitrogen and oxygen atoms in total. The molecule has 3 heterocycles. The van der Waals surface area contributed by atoms with Crippen molar-refractivity contribution in [1.82, 2.24) is 20.5 Å². The minimum absolute atomic E-state index is 0.0132. The molecule has 0 radical (unpaired) electrons. The lowest BCUT2D eigenvalue weighted by atomic mass is 9.91. The van der Waals surface area contributed by atoms with Crippen LogP contribution in [0.4, 0.5) is 15.0 Å². The molecule has 2 saturated heterocycles. The molecule has 1 aromatic heterocycles. The Balaban J connectivity index is 1.45. The Morgan fingerprint density at radius 2 is 1.91 bits per heavy atom. The number of nitrogens with one attached hydrogen (secondary N) is 2. The molecule has 9 heteroatoms. The number of pyridine rings is 1. The summed E-state index contributed by atoms with van der Waals surface area (Å²) in [5.41, 5.74) is 1.01. The zero-order valence-electron chi connectivity index (χ0n) is 18.4. The van der Waals surface area contributed by atoms with Gasteiger partial charge in [-0.1, -0.05) is 19.1 Å². The van der Waals surface area contributed by atoms with Gasteiger partial charge in [0.1, 0.15) is 17.2 Å². The smallest absolute Gasteiger partial charge is 0.322 e. The van der Waals surface area contributed by atoms with E-state index < -0.39 is 23.3 Å². The van der Waals surface area contributed by atoms with Crippen molar-refractivity contribution in [1.29, 1.82) is 0 Å². The summed E-state index contributed by atoms with van der Waals surface area (Å²) in [6.45, 7) is 7.82. The number of aryl methyl sites for hydroxylation is 2. The first-order chi connectivity index (χ1) is 15.2. The van der Waals surface area contributed by atoms with E-state index in [0.717, 1.165) is 23.9 Å². The topological polar surface area (TPSA) is 94.6 Å². The van der Waals surface area contributed by atoms with Crippen molar-refractivity contribution in [3.8, 4) is 0 Å². The monoisotopic (exact) mass is 439 g/mol. The molecule has 2 aromatic rings. The number of imide groups is 1. The van der Waals surface area contributed by atoms with Crippen LogP contribution in [0, 0.1) is 12.7 Å². The fraction of sp³-hybridized carbons (Fsp3) is 0.391. The van der Waals surface area contributed by atoms with Gasteiger partial charge >= 0.3 is 6.03 Å². The van der Waals surface area contributed by atoms with Crippen LogP contribution < -0.4 is 15.5 Å². The van der Waals surface area contributed by atoms with Gasteiger partial charge in [0, 0.05) is 43.5 Å². The maximum Gasteiger partial charge on any atom is 0.322 e. The number of piperazine rings is 1. The highest BCUT2D eigenvalue weighted by atomic mass is 19.1. The molecule has 0 spiro atoms. The first kappa shape index (κ1) is 21.7. The molecule has 4 amide bonds. The fourth-order valence-electron chi connectivity index (χ4n) is 4.24. The molecule has 2 aliphatic heterocycles.